The van der Waals surface area contributed by atoms with Crippen molar-refractivity contribution in [3.05, 3.63) is 126 Å². The predicted molar refractivity (Wildman–Crippen MR) is 490 cm³/mol. The molecule has 736 valence electrons. The van der Waals surface area contributed by atoms with E-state index in [-0.39, 0.29) is 139 Å². The zero-order valence-electron chi connectivity index (χ0n) is 74.4. The molecule has 0 saturated carbocycles. The van der Waals surface area contributed by atoms with Crippen LogP contribution in [0.3, 0.4) is 0 Å². The first-order chi connectivity index (χ1) is 64.3. The minimum atomic E-state index is -1.76. The molecule has 2 saturated heterocycles. The van der Waals surface area contributed by atoms with Crippen LogP contribution in [0.2, 0.25) is 0 Å². The number of carboxylic acid groups (broad SMARTS) is 1. The second-order valence-electron chi connectivity index (χ2n) is 32.5. The molecule has 32 N–H and O–H groups in total. The van der Waals surface area contributed by atoms with Gasteiger partial charge in [0.2, 0.25) is 94.5 Å². The van der Waals surface area contributed by atoms with Crippen LogP contribution >= 0.6 is 25.3 Å². The second-order valence-corrected chi connectivity index (χ2v) is 33.3. The summed E-state index contributed by atoms with van der Waals surface area (Å²) in [6, 6.07) is -7.03. The Labute approximate surface area is 786 Å². The van der Waals surface area contributed by atoms with Crippen LogP contribution in [0.1, 0.15) is 119 Å². The number of carbonyl (C=O) groups excluding carboxylic acids is 16. The number of thiol groups is 2. The first kappa shape index (κ1) is 108. The van der Waals surface area contributed by atoms with E-state index in [0.717, 1.165) is 9.80 Å². The highest BCUT2D eigenvalue weighted by Gasteiger charge is 2.43. The molecule has 2 aliphatic rings. The number of guanidine groups is 1. The number of carboxylic acids is 1. The molecule has 7 rings (SSSR count). The number of primary amides is 1. The van der Waals surface area contributed by atoms with Crippen LogP contribution in [0.15, 0.2) is 97.8 Å². The van der Waals surface area contributed by atoms with Crippen molar-refractivity contribution in [2.24, 2.45) is 28.7 Å². The lowest BCUT2D eigenvalue weighted by Crippen LogP contribution is -2.61. The molecule has 3 aromatic carbocycles. The highest BCUT2D eigenvalue weighted by molar-refractivity contribution is 7.80. The minimum absolute atomic E-state index is 0.000260. The maximum Gasteiger partial charge on any atom is 0.326 e. The highest BCUT2D eigenvalue weighted by Crippen LogP contribution is 2.24. The third-order valence-electron chi connectivity index (χ3n) is 22.1. The number of nitrogens with one attached hydrogen (secondary N) is 17. The largest absolute Gasteiger partial charge is 0.508 e. The number of phenols is 3. The Bertz CT molecular complexity index is 4870. The molecule has 0 unspecified atom stereocenters. The van der Waals surface area contributed by atoms with Crippen LogP contribution in [-0.2, 0) is 114 Å². The summed E-state index contributed by atoms with van der Waals surface area (Å²) < 4.78 is 0. The van der Waals surface area contributed by atoms with Crippen LogP contribution in [-0.4, -0.2) is 309 Å². The molecule has 2 aliphatic heterocycles. The fourth-order valence-corrected chi connectivity index (χ4v) is 15.2. The van der Waals surface area contributed by atoms with Crippen molar-refractivity contribution in [1.29, 1.82) is 5.41 Å². The number of hydrogen-bond acceptors (Lipinski definition) is 29. The summed E-state index contributed by atoms with van der Waals surface area (Å²) in [4.78, 5) is 255. The van der Waals surface area contributed by atoms with Crippen molar-refractivity contribution in [1.82, 2.24) is 104 Å². The molecule has 0 radical (unpaired) electrons. The molecule has 2 fully saturated rings. The van der Waals surface area contributed by atoms with Gasteiger partial charge in [0.05, 0.1) is 25.3 Å². The van der Waals surface area contributed by atoms with Gasteiger partial charge in [-0.1, -0.05) is 36.4 Å². The van der Waals surface area contributed by atoms with Gasteiger partial charge in [0, 0.05) is 87.0 Å². The number of aromatic hydroxyl groups is 3. The van der Waals surface area contributed by atoms with E-state index in [0.29, 0.717) is 40.9 Å². The summed E-state index contributed by atoms with van der Waals surface area (Å²) in [6.45, 7) is 1.39. The number of nitrogens with zero attached hydrogens (tertiary/aromatic N) is 4. The maximum atomic E-state index is 14.9. The number of unbranched alkanes of at least 4 members (excludes halogenated alkanes) is 1. The number of carbonyl (C=O) groups is 17. The summed E-state index contributed by atoms with van der Waals surface area (Å²) in [7, 11) is 0. The standard InChI is InChI=1S/C85H122N26O22S2/c1-44(97-75(123)61(35-49-37-92-42-95-49)103-70(118)54(88)32-46-12-18-51(113)19-13-46)69(117)108-64(40-134)80(128)107-63(39-112)78(126)98-45(2)82(130)110-30-6-10-66(110)81(129)102-58(26-28-87)74(122)100-56(9-5-29-94-85(90)91)71(119)104-60(34-48-16-22-53(115)23-17-48)77(125)109-65(41-135)79(127)105-59(33-47-14-20-52(114)21-15-47)76(124)101-57(24-25-68(89)116)73(121)99-55(8-3-4-27-86)72(120)106-62(36-50-38-93-43-96-50)83(131)111-31-7-11-67(111)84(132)133/h12-23,37-38,42-45,54-67,112-115,134-135H,3-11,24-36,39-41,86-88H2,1-2H3,(H2,89,116)(H,92,95)(H,93,96)(H,97,123)(H,98,126)(H,99,121)(H,100,122)(H,101,124)(H,102,129)(H,103,118)(H,104,119)(H,105,127)(H,106,120)(H,107,128)(H,108,117)(H,109,125)(H,132,133)(H4,90,91,94)/t44-,45-,54-,55-,56-,57-,58-,59-,60-,61-,62-,63-,64-,65-,66-,67-/m0/s1. The van der Waals surface area contributed by atoms with E-state index >= 15 is 0 Å². The van der Waals surface area contributed by atoms with Gasteiger partial charge in [0.25, 0.3) is 0 Å². The van der Waals surface area contributed by atoms with Crippen LogP contribution < -0.4 is 103 Å². The number of rotatable bonds is 55. The Hall–Kier alpha value is -13.7. The van der Waals surface area contributed by atoms with Gasteiger partial charge in [-0.3, -0.25) is 82.1 Å². The molecule has 0 bridgehead atoms. The van der Waals surface area contributed by atoms with Crippen LogP contribution in [0, 0.1) is 5.41 Å². The van der Waals surface area contributed by atoms with Gasteiger partial charge in [-0.05, 0) is 157 Å². The van der Waals surface area contributed by atoms with E-state index in [4.69, 9.17) is 34.1 Å². The van der Waals surface area contributed by atoms with Gasteiger partial charge in [-0.2, -0.15) is 25.3 Å². The van der Waals surface area contributed by atoms with Crippen molar-refractivity contribution in [3.63, 3.8) is 0 Å². The van der Waals surface area contributed by atoms with Gasteiger partial charge < -0.3 is 148 Å². The van der Waals surface area contributed by atoms with Crippen LogP contribution in [0.25, 0.3) is 0 Å². The normalized spacial score (nSPS) is 16.5. The first-order valence-electron chi connectivity index (χ1n) is 43.8. The zero-order chi connectivity index (χ0) is 99.1. The van der Waals surface area contributed by atoms with E-state index in [1.54, 1.807) is 12.1 Å². The third kappa shape index (κ3) is 34.7. The molecule has 50 heteroatoms. The fraction of sp³-hybridized carbons (Fsp3) is 0.506. The molecule has 0 spiro atoms. The Kier molecular flexibility index (Phi) is 43.7. The SMILES string of the molecule is C[C@H](NC(=O)[C@H](Cc1cnc[nH]1)NC(=O)[C@@H](N)Cc1ccc(O)cc1)C(=O)N[C@@H](CS)C(=O)N[C@@H](CO)C(=O)N[C@@H](C)C(=O)N1CCC[C@H]1C(=O)N[C@@H](CCN)C(=O)N[C@@H](CCCNC(=N)N)C(=O)N[C@@H](Cc1ccc(O)cc1)C(=O)N[C@@H](CS)C(=O)N[C@@H](Cc1ccc(O)cc1)C(=O)N[C@@H](CCC(N)=O)C(=O)N[C@@H](CCCCN)C(=O)N[C@@H](Cc1cnc[nH]1)C(=O)N1CCC[C@H]1C(=O)O. The van der Waals surface area contributed by atoms with E-state index in [2.05, 4.69) is 120 Å². The number of H-pyrrole nitrogens is 2. The summed E-state index contributed by atoms with van der Waals surface area (Å²) in [6.07, 6.45) is 4.19. The Balaban J connectivity index is 1.02. The van der Waals surface area contributed by atoms with Crippen LogP contribution in [0.4, 0.5) is 0 Å². The number of nitrogens with two attached hydrogens (primary N) is 5. The van der Waals surface area contributed by atoms with E-state index in [1.807, 2.05) is 0 Å². The molecule has 5 aromatic rings. The molecular weight excluding hydrogens is 1800 g/mol. The van der Waals surface area contributed by atoms with Gasteiger partial charge in [-0.25, -0.2) is 14.8 Å². The lowest BCUT2D eigenvalue weighted by molar-refractivity contribution is -0.149. The molecule has 135 heavy (non-hydrogen) atoms. The smallest absolute Gasteiger partial charge is 0.326 e. The monoisotopic (exact) mass is 1920 g/mol. The topological polar surface area (TPSA) is 778 Å². The van der Waals surface area contributed by atoms with Gasteiger partial charge in [0.15, 0.2) is 5.96 Å². The summed E-state index contributed by atoms with van der Waals surface area (Å²) in [5.74, 6) is -18.2. The number of aliphatic hydroxyl groups excluding tert-OH is 1. The molecular formula is C85H122N26O22S2. The lowest BCUT2D eigenvalue weighted by Gasteiger charge is -2.30. The summed E-state index contributed by atoms with van der Waals surface area (Å²) in [5.41, 5.74) is 31.2. The minimum Gasteiger partial charge on any atom is -0.508 e. The van der Waals surface area contributed by atoms with Gasteiger partial charge >= 0.3 is 5.97 Å². The van der Waals surface area contributed by atoms with Crippen LogP contribution in [0.5, 0.6) is 17.2 Å². The number of likely N-dealkylation sites (tertiary alicyclic amines) is 2. The molecule has 16 amide bonds. The Morgan fingerprint density at radius 3 is 1.27 bits per heavy atom. The average molecular weight is 1920 g/mol. The molecule has 16 atom stereocenters. The molecule has 48 nitrogen and oxygen atoms in total. The second kappa shape index (κ2) is 54.5. The van der Waals surface area contributed by atoms with Gasteiger partial charge in [0.1, 0.15) is 108 Å². The summed E-state index contributed by atoms with van der Waals surface area (Å²) in [5, 5.41) is 93.8. The number of aromatic amines is 2. The number of amides is 16. The molecule has 4 heterocycles. The maximum absolute atomic E-state index is 14.9. The van der Waals surface area contributed by atoms with Gasteiger partial charge in [-0.15, -0.1) is 0 Å². The van der Waals surface area contributed by atoms with E-state index in [1.165, 1.54) is 99.6 Å². The number of phenolic OH excluding ortho intramolecular Hbond substituents is 3. The first-order valence-corrected chi connectivity index (χ1v) is 45.0. The van der Waals surface area contributed by atoms with Crippen molar-refractivity contribution >= 4 is 132 Å². The number of benzene rings is 3. The molecule has 2 aromatic heterocycles. The quantitative estimate of drug-likeness (QED) is 0.00744. The third-order valence-corrected chi connectivity index (χ3v) is 22.9. The van der Waals surface area contributed by atoms with E-state index < -0.39 is 228 Å². The number of hydrogen-bond donors (Lipinski definition) is 29. The van der Waals surface area contributed by atoms with Crippen molar-refractivity contribution in [2.75, 3.05) is 50.8 Å². The van der Waals surface area contributed by atoms with Crippen molar-refractivity contribution in [3.8, 4) is 17.2 Å². The number of aromatic nitrogens is 4. The fourth-order valence-electron chi connectivity index (χ4n) is 14.7. The number of aliphatic carboxylic acids is 1. The predicted octanol–water partition coefficient (Wildman–Crippen LogP) is -7.64. The van der Waals surface area contributed by atoms with E-state index in [9.17, 15) is 107 Å². The number of aliphatic hydroxyl groups is 1. The van der Waals surface area contributed by atoms with Crippen molar-refractivity contribution < 1.29 is 107 Å². The summed E-state index contributed by atoms with van der Waals surface area (Å²) >= 11 is 8.57. The number of imidazole rings is 2. The van der Waals surface area contributed by atoms with Crippen molar-refractivity contribution in [2.45, 2.75) is 220 Å². The highest BCUT2D eigenvalue weighted by atomic mass is 32.1. The molecule has 0 aliphatic carbocycles. The lowest BCUT2D eigenvalue weighted by atomic mass is 10.0. The zero-order valence-corrected chi connectivity index (χ0v) is 76.2. The Morgan fingerprint density at radius 2 is 0.815 bits per heavy atom. The Morgan fingerprint density at radius 1 is 0.437 bits per heavy atom. The average Bonchev–Trinajstić information content (AvgIpc) is 1.59.